The Labute approximate surface area is 141 Å². The van der Waals surface area contributed by atoms with E-state index in [1.54, 1.807) is 37.3 Å². The van der Waals surface area contributed by atoms with Gasteiger partial charge in [-0.05, 0) is 19.1 Å². The molecule has 1 amide bonds. The predicted molar refractivity (Wildman–Crippen MR) is 91.0 cm³/mol. The SMILES string of the molecule is COC(=O)[C@H](C)Sc1nc(N)c(NC(=O)c2ccccc2)c(=O)[nH]1. The van der Waals surface area contributed by atoms with Gasteiger partial charge in [-0.15, -0.1) is 0 Å². The smallest absolute Gasteiger partial charge is 0.318 e. The van der Waals surface area contributed by atoms with Gasteiger partial charge < -0.3 is 15.8 Å². The van der Waals surface area contributed by atoms with Gasteiger partial charge in [0.25, 0.3) is 11.5 Å². The molecule has 0 saturated carbocycles. The Morgan fingerprint density at radius 2 is 2.00 bits per heavy atom. The van der Waals surface area contributed by atoms with Crippen LogP contribution in [0.2, 0.25) is 0 Å². The molecule has 0 aliphatic carbocycles. The Morgan fingerprint density at radius 3 is 2.58 bits per heavy atom. The molecule has 24 heavy (non-hydrogen) atoms. The lowest BCUT2D eigenvalue weighted by atomic mass is 10.2. The number of esters is 1. The minimum absolute atomic E-state index is 0.136. The van der Waals surface area contributed by atoms with E-state index in [2.05, 4.69) is 20.0 Å². The summed E-state index contributed by atoms with van der Waals surface area (Å²) in [5.74, 6) is -1.07. The van der Waals surface area contributed by atoms with Crippen LogP contribution in [0.4, 0.5) is 11.5 Å². The fourth-order valence-corrected chi connectivity index (χ4v) is 2.63. The number of ether oxygens (including phenoxy) is 1. The summed E-state index contributed by atoms with van der Waals surface area (Å²) in [5, 5.41) is 2.03. The Morgan fingerprint density at radius 1 is 1.33 bits per heavy atom. The number of carbonyl (C=O) groups is 2. The predicted octanol–water partition coefficient (Wildman–Crippen LogP) is 1.26. The topological polar surface area (TPSA) is 127 Å². The van der Waals surface area contributed by atoms with Crippen LogP contribution in [0.3, 0.4) is 0 Å². The summed E-state index contributed by atoms with van der Waals surface area (Å²) >= 11 is 0.995. The minimum atomic E-state index is -0.605. The van der Waals surface area contributed by atoms with Crippen molar-refractivity contribution in [3.63, 3.8) is 0 Å². The van der Waals surface area contributed by atoms with Crippen molar-refractivity contribution >= 4 is 35.1 Å². The lowest BCUT2D eigenvalue weighted by molar-refractivity contribution is -0.139. The number of nitrogen functional groups attached to an aromatic ring is 1. The molecule has 0 radical (unpaired) electrons. The molecular weight excluding hydrogens is 332 g/mol. The third-order valence-corrected chi connectivity index (χ3v) is 3.98. The number of nitrogens with one attached hydrogen (secondary N) is 2. The second kappa shape index (κ2) is 7.64. The Hall–Kier alpha value is -2.81. The van der Waals surface area contributed by atoms with Gasteiger partial charge >= 0.3 is 5.97 Å². The summed E-state index contributed by atoms with van der Waals surface area (Å²) in [6.07, 6.45) is 0. The quantitative estimate of drug-likeness (QED) is 0.421. The summed E-state index contributed by atoms with van der Waals surface area (Å²) in [5.41, 5.74) is 5.40. The second-order valence-electron chi connectivity index (χ2n) is 4.73. The molecule has 0 aliphatic rings. The summed E-state index contributed by atoms with van der Waals surface area (Å²) in [6, 6.07) is 8.39. The van der Waals surface area contributed by atoms with E-state index in [0.717, 1.165) is 11.8 Å². The van der Waals surface area contributed by atoms with Crippen LogP contribution in [0.15, 0.2) is 40.3 Å². The molecule has 1 aromatic carbocycles. The van der Waals surface area contributed by atoms with E-state index in [9.17, 15) is 14.4 Å². The second-order valence-corrected chi connectivity index (χ2v) is 6.06. The minimum Gasteiger partial charge on any atom is -0.468 e. The van der Waals surface area contributed by atoms with E-state index < -0.39 is 22.7 Å². The molecule has 0 fully saturated rings. The third-order valence-electron chi connectivity index (χ3n) is 3.02. The standard InChI is InChI=1S/C15H16N4O4S/c1-8(14(22)23-2)24-15-18-11(16)10(13(21)19-15)17-12(20)9-6-4-3-5-7-9/h3-8H,1-2H3,(H,17,20)(H3,16,18,19,21)/t8-/m0/s1. The van der Waals surface area contributed by atoms with E-state index in [1.165, 1.54) is 7.11 Å². The van der Waals surface area contributed by atoms with Crippen LogP contribution in [-0.2, 0) is 9.53 Å². The summed E-state index contributed by atoms with van der Waals surface area (Å²) in [4.78, 5) is 42.1. The van der Waals surface area contributed by atoms with Gasteiger partial charge in [0.05, 0.1) is 7.11 Å². The molecule has 0 aliphatic heterocycles. The average Bonchev–Trinajstić information content (AvgIpc) is 2.57. The number of hydrogen-bond donors (Lipinski definition) is 3. The van der Waals surface area contributed by atoms with Gasteiger partial charge in [-0.1, -0.05) is 30.0 Å². The van der Waals surface area contributed by atoms with Crippen molar-refractivity contribution in [3.05, 3.63) is 46.2 Å². The molecule has 0 saturated heterocycles. The molecule has 1 atom stereocenters. The number of hydrogen-bond acceptors (Lipinski definition) is 7. The number of nitrogens with two attached hydrogens (primary N) is 1. The van der Waals surface area contributed by atoms with Gasteiger partial charge in [0.1, 0.15) is 10.9 Å². The first-order valence-corrected chi connectivity index (χ1v) is 7.81. The fraction of sp³-hybridized carbons (Fsp3) is 0.200. The monoisotopic (exact) mass is 348 g/mol. The molecule has 1 heterocycles. The van der Waals surface area contributed by atoms with Crippen LogP contribution in [0, 0.1) is 0 Å². The fourth-order valence-electron chi connectivity index (χ4n) is 1.80. The normalized spacial score (nSPS) is 11.6. The number of nitrogens with zero attached hydrogens (tertiary/aromatic N) is 1. The van der Waals surface area contributed by atoms with Crippen LogP contribution < -0.4 is 16.6 Å². The van der Waals surface area contributed by atoms with Gasteiger partial charge in [0.2, 0.25) is 0 Å². The van der Waals surface area contributed by atoms with Crippen LogP contribution in [-0.4, -0.2) is 34.2 Å². The lowest BCUT2D eigenvalue weighted by Gasteiger charge is -2.10. The number of aromatic amines is 1. The summed E-state index contributed by atoms with van der Waals surface area (Å²) in [6.45, 7) is 1.61. The van der Waals surface area contributed by atoms with E-state index in [-0.39, 0.29) is 16.7 Å². The van der Waals surface area contributed by atoms with Crippen molar-refractivity contribution in [1.29, 1.82) is 0 Å². The zero-order valence-corrected chi connectivity index (χ0v) is 13.8. The average molecular weight is 348 g/mol. The first kappa shape index (κ1) is 17.5. The molecule has 0 spiro atoms. The number of anilines is 2. The lowest BCUT2D eigenvalue weighted by Crippen LogP contribution is -2.23. The highest BCUT2D eigenvalue weighted by atomic mass is 32.2. The van der Waals surface area contributed by atoms with Crippen LogP contribution in [0.1, 0.15) is 17.3 Å². The van der Waals surface area contributed by atoms with E-state index in [1.807, 2.05) is 0 Å². The first-order valence-electron chi connectivity index (χ1n) is 6.93. The highest BCUT2D eigenvalue weighted by molar-refractivity contribution is 8.00. The maximum atomic E-state index is 12.1. The van der Waals surface area contributed by atoms with Gasteiger partial charge in [-0.25, -0.2) is 4.98 Å². The summed E-state index contributed by atoms with van der Waals surface area (Å²) in [7, 11) is 1.27. The zero-order valence-electron chi connectivity index (χ0n) is 13.0. The van der Waals surface area contributed by atoms with Crippen molar-refractivity contribution in [2.75, 3.05) is 18.2 Å². The van der Waals surface area contributed by atoms with E-state index in [4.69, 9.17) is 5.73 Å². The molecule has 4 N–H and O–H groups in total. The number of rotatable bonds is 5. The number of aromatic nitrogens is 2. The van der Waals surface area contributed by atoms with Crippen molar-refractivity contribution in [3.8, 4) is 0 Å². The van der Waals surface area contributed by atoms with Gasteiger partial charge in [-0.2, -0.15) is 0 Å². The van der Waals surface area contributed by atoms with Gasteiger partial charge in [0.15, 0.2) is 11.0 Å². The number of amides is 1. The number of carbonyl (C=O) groups excluding carboxylic acids is 2. The molecule has 126 valence electrons. The maximum Gasteiger partial charge on any atom is 0.318 e. The van der Waals surface area contributed by atoms with Crippen LogP contribution >= 0.6 is 11.8 Å². The largest absolute Gasteiger partial charge is 0.468 e. The number of benzene rings is 1. The molecule has 8 nitrogen and oxygen atoms in total. The number of methoxy groups -OCH3 is 1. The van der Waals surface area contributed by atoms with Gasteiger partial charge in [-0.3, -0.25) is 19.4 Å². The number of thioether (sulfide) groups is 1. The Bertz CT molecular complexity index is 807. The number of H-pyrrole nitrogens is 1. The molecule has 9 heteroatoms. The highest BCUT2D eigenvalue weighted by Gasteiger charge is 2.18. The Kier molecular flexibility index (Phi) is 5.59. The van der Waals surface area contributed by atoms with Crippen LogP contribution in [0.25, 0.3) is 0 Å². The molecule has 1 aromatic heterocycles. The van der Waals surface area contributed by atoms with Crippen molar-refractivity contribution in [2.24, 2.45) is 0 Å². The first-order chi connectivity index (χ1) is 11.4. The summed E-state index contributed by atoms with van der Waals surface area (Å²) < 4.78 is 4.60. The molecule has 0 unspecified atom stereocenters. The van der Waals surface area contributed by atoms with Crippen molar-refractivity contribution in [1.82, 2.24) is 9.97 Å². The Balaban J connectivity index is 2.20. The molecule has 2 aromatic rings. The maximum absolute atomic E-state index is 12.1. The van der Waals surface area contributed by atoms with Crippen LogP contribution in [0.5, 0.6) is 0 Å². The molecular formula is C15H16N4O4S. The zero-order chi connectivity index (χ0) is 17.7. The molecule has 0 bridgehead atoms. The van der Waals surface area contributed by atoms with E-state index >= 15 is 0 Å². The van der Waals surface area contributed by atoms with Crippen molar-refractivity contribution < 1.29 is 14.3 Å². The van der Waals surface area contributed by atoms with Gasteiger partial charge in [0, 0.05) is 5.56 Å². The van der Waals surface area contributed by atoms with E-state index in [0.29, 0.717) is 5.56 Å². The third kappa shape index (κ3) is 4.13. The van der Waals surface area contributed by atoms with Crippen molar-refractivity contribution in [2.45, 2.75) is 17.3 Å². The molecule has 2 rings (SSSR count). The highest BCUT2D eigenvalue weighted by Crippen LogP contribution is 2.22.